The van der Waals surface area contributed by atoms with Crippen LogP contribution >= 0.6 is 0 Å². The number of hydrogen-bond acceptors (Lipinski definition) is 3. The lowest BCUT2D eigenvalue weighted by molar-refractivity contribution is -0.136. The highest BCUT2D eigenvalue weighted by molar-refractivity contribution is 5.87. The molecule has 3 N–H and O–H groups in total. The van der Waals surface area contributed by atoms with E-state index in [0.717, 1.165) is 31.4 Å². The molecule has 0 saturated carbocycles. The molecule has 0 aromatic heterocycles. The van der Waals surface area contributed by atoms with Gasteiger partial charge in [-0.2, -0.15) is 0 Å². The van der Waals surface area contributed by atoms with E-state index in [9.17, 15) is 14.7 Å². The molecular weight excluding hydrogens is 318 g/mol. The molecule has 1 fully saturated rings. The molecule has 0 spiro atoms. The minimum Gasteiger partial charge on any atom is -0.394 e. The Hall–Kier alpha value is -2.08. The zero-order valence-corrected chi connectivity index (χ0v) is 15.1. The van der Waals surface area contributed by atoms with Crippen LogP contribution in [0.3, 0.4) is 0 Å². The van der Waals surface area contributed by atoms with Crippen LogP contribution in [0.25, 0.3) is 0 Å². The van der Waals surface area contributed by atoms with Crippen LogP contribution in [0.1, 0.15) is 38.7 Å². The smallest absolute Gasteiger partial charge is 0.315 e. The maximum Gasteiger partial charge on any atom is 0.315 e. The van der Waals surface area contributed by atoms with Crippen LogP contribution in [0.5, 0.6) is 0 Å². The monoisotopic (exact) mass is 347 g/mol. The van der Waals surface area contributed by atoms with Gasteiger partial charge in [0, 0.05) is 12.6 Å². The van der Waals surface area contributed by atoms with Crippen molar-refractivity contribution < 1.29 is 14.7 Å². The lowest BCUT2D eigenvalue weighted by Crippen LogP contribution is -2.54. The van der Waals surface area contributed by atoms with E-state index in [1.54, 1.807) is 6.92 Å². The van der Waals surface area contributed by atoms with Crippen molar-refractivity contribution in [2.45, 2.75) is 57.7 Å². The first-order chi connectivity index (χ1) is 12.0. The SMILES string of the molecule is CC(NC(=O)N[C@H](CO)Cc1ccccc1)C(=O)N1CCCCC1C. The van der Waals surface area contributed by atoms with E-state index in [2.05, 4.69) is 10.6 Å². The number of piperidine rings is 1. The molecule has 1 saturated heterocycles. The van der Waals surface area contributed by atoms with E-state index in [0.29, 0.717) is 6.42 Å². The third-order valence-electron chi connectivity index (χ3n) is 4.68. The van der Waals surface area contributed by atoms with Crippen molar-refractivity contribution >= 4 is 11.9 Å². The predicted octanol–water partition coefficient (Wildman–Crippen LogP) is 1.68. The number of urea groups is 1. The second kappa shape index (κ2) is 9.42. The highest BCUT2D eigenvalue weighted by Crippen LogP contribution is 2.17. The number of aliphatic hydroxyl groups is 1. The van der Waals surface area contributed by atoms with Gasteiger partial charge >= 0.3 is 6.03 Å². The fraction of sp³-hybridized carbons (Fsp3) is 0.579. The Balaban J connectivity index is 1.84. The van der Waals surface area contributed by atoms with Gasteiger partial charge in [0.2, 0.25) is 5.91 Å². The molecule has 1 heterocycles. The number of likely N-dealkylation sites (tertiary alicyclic amines) is 1. The minimum atomic E-state index is -0.586. The number of nitrogens with zero attached hydrogens (tertiary/aromatic N) is 1. The van der Waals surface area contributed by atoms with E-state index in [4.69, 9.17) is 0 Å². The first-order valence-electron chi connectivity index (χ1n) is 9.03. The molecular formula is C19H29N3O3. The number of carbonyl (C=O) groups is 2. The first kappa shape index (κ1) is 19.2. The largest absolute Gasteiger partial charge is 0.394 e. The third-order valence-corrected chi connectivity index (χ3v) is 4.68. The first-order valence-corrected chi connectivity index (χ1v) is 9.03. The van der Waals surface area contributed by atoms with E-state index in [-0.39, 0.29) is 18.6 Å². The molecule has 3 atom stereocenters. The van der Waals surface area contributed by atoms with Gasteiger partial charge < -0.3 is 20.6 Å². The summed E-state index contributed by atoms with van der Waals surface area (Å²) in [5.41, 5.74) is 1.04. The summed E-state index contributed by atoms with van der Waals surface area (Å²) in [5.74, 6) is -0.0500. The Kier molecular flexibility index (Phi) is 7.25. The molecule has 6 nitrogen and oxygen atoms in total. The van der Waals surface area contributed by atoms with Gasteiger partial charge in [0.05, 0.1) is 12.6 Å². The van der Waals surface area contributed by atoms with Crippen LogP contribution in [0.2, 0.25) is 0 Å². The molecule has 6 heteroatoms. The van der Waals surface area contributed by atoms with Crippen LogP contribution in [0.15, 0.2) is 30.3 Å². The number of nitrogens with one attached hydrogen (secondary N) is 2. The second-order valence-corrected chi connectivity index (χ2v) is 6.79. The van der Waals surface area contributed by atoms with Crippen molar-refractivity contribution in [2.24, 2.45) is 0 Å². The predicted molar refractivity (Wildman–Crippen MR) is 97.2 cm³/mol. The fourth-order valence-corrected chi connectivity index (χ4v) is 3.22. The molecule has 0 bridgehead atoms. The highest BCUT2D eigenvalue weighted by Gasteiger charge is 2.28. The molecule has 2 rings (SSSR count). The Labute approximate surface area is 149 Å². The summed E-state index contributed by atoms with van der Waals surface area (Å²) in [7, 11) is 0. The summed E-state index contributed by atoms with van der Waals surface area (Å²) in [6.07, 6.45) is 3.70. The molecule has 1 aliphatic rings. The Morgan fingerprint density at radius 3 is 2.60 bits per heavy atom. The van der Waals surface area contributed by atoms with Crippen molar-refractivity contribution in [1.82, 2.24) is 15.5 Å². The average molecular weight is 347 g/mol. The van der Waals surface area contributed by atoms with Gasteiger partial charge in [-0.25, -0.2) is 4.79 Å². The van der Waals surface area contributed by atoms with Gasteiger partial charge in [0.15, 0.2) is 0 Å². The molecule has 1 aromatic carbocycles. The molecule has 138 valence electrons. The summed E-state index contributed by atoms with van der Waals surface area (Å²) < 4.78 is 0. The second-order valence-electron chi connectivity index (χ2n) is 6.79. The van der Waals surface area contributed by atoms with Gasteiger partial charge in [-0.1, -0.05) is 30.3 Å². The third kappa shape index (κ3) is 5.74. The standard InChI is InChI=1S/C19H29N3O3/c1-14-8-6-7-11-22(14)18(24)15(2)20-19(25)21-17(13-23)12-16-9-4-3-5-10-16/h3-5,9-10,14-15,17,23H,6-8,11-13H2,1-2H3,(H2,20,21,25)/t14?,15?,17-/m0/s1. The molecule has 1 aromatic rings. The normalized spacial score (nSPS) is 19.8. The summed E-state index contributed by atoms with van der Waals surface area (Å²) in [6, 6.07) is 8.48. The minimum absolute atomic E-state index is 0.0500. The van der Waals surface area contributed by atoms with E-state index in [1.807, 2.05) is 42.2 Å². The maximum absolute atomic E-state index is 12.5. The summed E-state index contributed by atoms with van der Waals surface area (Å²) in [4.78, 5) is 26.6. The number of benzene rings is 1. The van der Waals surface area contributed by atoms with Gasteiger partial charge in [-0.15, -0.1) is 0 Å². The zero-order chi connectivity index (χ0) is 18.2. The number of rotatable bonds is 6. The molecule has 2 unspecified atom stereocenters. The Morgan fingerprint density at radius 2 is 1.96 bits per heavy atom. The maximum atomic E-state index is 12.5. The quantitative estimate of drug-likeness (QED) is 0.732. The summed E-state index contributed by atoms with van der Waals surface area (Å²) in [5, 5.41) is 14.9. The van der Waals surface area contributed by atoms with Gasteiger partial charge in [0.1, 0.15) is 6.04 Å². The lowest BCUT2D eigenvalue weighted by Gasteiger charge is -2.35. The fourth-order valence-electron chi connectivity index (χ4n) is 3.22. The molecule has 1 aliphatic heterocycles. The van der Waals surface area contributed by atoms with Gasteiger partial charge in [0.25, 0.3) is 0 Å². The van der Waals surface area contributed by atoms with Gasteiger partial charge in [-0.3, -0.25) is 4.79 Å². The average Bonchev–Trinajstić information content (AvgIpc) is 2.61. The molecule has 0 radical (unpaired) electrons. The lowest BCUT2D eigenvalue weighted by atomic mass is 10.0. The number of carbonyl (C=O) groups excluding carboxylic acids is 2. The van der Waals surface area contributed by atoms with E-state index in [1.165, 1.54) is 0 Å². The van der Waals surface area contributed by atoms with Crippen molar-refractivity contribution in [3.63, 3.8) is 0 Å². The molecule has 3 amide bonds. The van der Waals surface area contributed by atoms with Crippen molar-refractivity contribution in [3.05, 3.63) is 35.9 Å². The highest BCUT2D eigenvalue weighted by atomic mass is 16.3. The Bertz CT molecular complexity index is 564. The number of amides is 3. The van der Waals surface area contributed by atoms with Gasteiger partial charge in [-0.05, 0) is 45.1 Å². The Morgan fingerprint density at radius 1 is 1.24 bits per heavy atom. The topological polar surface area (TPSA) is 81.7 Å². The summed E-state index contributed by atoms with van der Waals surface area (Å²) in [6.45, 7) is 4.34. The van der Waals surface area contributed by atoms with Crippen LogP contribution < -0.4 is 10.6 Å². The zero-order valence-electron chi connectivity index (χ0n) is 15.1. The van der Waals surface area contributed by atoms with Crippen LogP contribution in [-0.4, -0.2) is 53.2 Å². The van der Waals surface area contributed by atoms with E-state index < -0.39 is 18.1 Å². The van der Waals surface area contributed by atoms with Crippen LogP contribution in [0, 0.1) is 0 Å². The van der Waals surface area contributed by atoms with E-state index >= 15 is 0 Å². The van der Waals surface area contributed by atoms with Crippen molar-refractivity contribution in [1.29, 1.82) is 0 Å². The van der Waals surface area contributed by atoms with Crippen molar-refractivity contribution in [3.8, 4) is 0 Å². The van der Waals surface area contributed by atoms with Crippen LogP contribution in [0.4, 0.5) is 4.79 Å². The number of hydrogen-bond donors (Lipinski definition) is 3. The summed E-state index contributed by atoms with van der Waals surface area (Å²) >= 11 is 0. The molecule has 0 aliphatic carbocycles. The van der Waals surface area contributed by atoms with Crippen molar-refractivity contribution in [2.75, 3.05) is 13.2 Å². The van der Waals surface area contributed by atoms with Crippen LogP contribution in [-0.2, 0) is 11.2 Å². The number of aliphatic hydroxyl groups excluding tert-OH is 1. The molecule has 25 heavy (non-hydrogen) atoms.